The van der Waals surface area contributed by atoms with Crippen LogP contribution in [0.15, 0.2) is 34.8 Å². The van der Waals surface area contributed by atoms with Crippen molar-refractivity contribution in [2.24, 2.45) is 10.7 Å². The number of rotatable bonds is 4. The van der Waals surface area contributed by atoms with Crippen LogP contribution in [0.2, 0.25) is 0 Å². The maximum absolute atomic E-state index is 13.3. The van der Waals surface area contributed by atoms with Crippen LogP contribution in [0.5, 0.6) is 5.75 Å². The first kappa shape index (κ1) is 22.5. The fraction of sp³-hybridized carbons (Fsp3) is 0.412. The van der Waals surface area contributed by atoms with Gasteiger partial charge in [-0.05, 0) is 17.7 Å². The third-order valence-electron chi connectivity index (χ3n) is 4.33. The van der Waals surface area contributed by atoms with Gasteiger partial charge in [-0.25, -0.2) is 9.98 Å². The lowest BCUT2D eigenvalue weighted by Gasteiger charge is -2.35. The molecule has 0 unspecified atom stereocenters. The maximum Gasteiger partial charge on any atom is 0.416 e. The molecule has 0 radical (unpaired) electrons. The highest BCUT2D eigenvalue weighted by Crippen LogP contribution is 2.34. The Morgan fingerprint density at radius 2 is 2.00 bits per heavy atom. The number of hydrogen-bond acceptors (Lipinski definition) is 5. The zero-order chi connectivity index (χ0) is 19.4. The van der Waals surface area contributed by atoms with Crippen LogP contribution in [0.1, 0.15) is 11.1 Å². The van der Waals surface area contributed by atoms with Gasteiger partial charge in [0.15, 0.2) is 11.1 Å². The molecule has 28 heavy (non-hydrogen) atoms. The molecule has 6 nitrogen and oxygen atoms in total. The molecule has 0 amide bonds. The molecule has 1 fully saturated rings. The van der Waals surface area contributed by atoms with Crippen LogP contribution < -0.4 is 15.4 Å². The van der Waals surface area contributed by atoms with Crippen LogP contribution in [0.3, 0.4) is 0 Å². The molecule has 1 aromatic carbocycles. The number of guanidine groups is 1. The van der Waals surface area contributed by atoms with E-state index in [1.807, 2.05) is 10.3 Å². The highest BCUT2D eigenvalue weighted by atomic mass is 127. The predicted octanol–water partition coefficient (Wildman–Crippen LogP) is 3.43. The second kappa shape index (κ2) is 9.63. The van der Waals surface area contributed by atoms with E-state index < -0.39 is 11.7 Å². The van der Waals surface area contributed by atoms with E-state index in [4.69, 9.17) is 10.5 Å². The Hall–Kier alpha value is -1.76. The van der Waals surface area contributed by atoms with Crippen LogP contribution >= 0.6 is 35.3 Å². The lowest BCUT2D eigenvalue weighted by atomic mass is 10.1. The Kier molecular flexibility index (Phi) is 7.75. The number of ether oxygens (including phenoxy) is 1. The highest BCUT2D eigenvalue weighted by Gasteiger charge is 2.33. The topological polar surface area (TPSA) is 67.0 Å². The first-order valence-corrected chi connectivity index (χ1v) is 9.20. The monoisotopic (exact) mass is 527 g/mol. The van der Waals surface area contributed by atoms with Gasteiger partial charge in [-0.15, -0.1) is 35.3 Å². The van der Waals surface area contributed by atoms with Crippen LogP contribution in [0.4, 0.5) is 18.3 Å². The summed E-state index contributed by atoms with van der Waals surface area (Å²) in [5, 5.41) is 2.88. The summed E-state index contributed by atoms with van der Waals surface area (Å²) in [5.74, 6) is 0.402. The van der Waals surface area contributed by atoms with E-state index in [-0.39, 0.29) is 47.8 Å². The van der Waals surface area contributed by atoms with Crippen molar-refractivity contribution in [3.8, 4) is 5.75 Å². The smallest absolute Gasteiger partial charge is 0.416 e. The summed E-state index contributed by atoms with van der Waals surface area (Å²) in [5.41, 5.74) is 5.32. The van der Waals surface area contributed by atoms with E-state index in [0.717, 1.165) is 24.3 Å². The Morgan fingerprint density at radius 1 is 1.29 bits per heavy atom. The minimum Gasteiger partial charge on any atom is -0.497 e. The first-order chi connectivity index (χ1) is 12.9. The van der Waals surface area contributed by atoms with Gasteiger partial charge in [-0.1, -0.05) is 6.07 Å². The SMILES string of the molecule is COc1ccc(CN=C(N)N2CCN(c3nccs3)CC2)c(C(F)(F)F)c1.I. The van der Waals surface area contributed by atoms with E-state index in [1.165, 1.54) is 19.2 Å². The predicted molar refractivity (Wildman–Crippen MR) is 115 cm³/mol. The van der Waals surface area contributed by atoms with Gasteiger partial charge >= 0.3 is 6.18 Å². The van der Waals surface area contributed by atoms with Crippen molar-refractivity contribution < 1.29 is 17.9 Å². The molecule has 1 aliphatic rings. The number of benzene rings is 1. The number of nitrogens with zero attached hydrogens (tertiary/aromatic N) is 4. The molecule has 0 bridgehead atoms. The van der Waals surface area contributed by atoms with Crippen molar-refractivity contribution in [2.45, 2.75) is 12.7 Å². The summed E-state index contributed by atoms with van der Waals surface area (Å²) in [4.78, 5) is 12.5. The second-order valence-electron chi connectivity index (χ2n) is 5.98. The average Bonchev–Trinajstić information content (AvgIpc) is 3.20. The summed E-state index contributed by atoms with van der Waals surface area (Å²) < 4.78 is 44.7. The molecular weight excluding hydrogens is 506 g/mol. The number of aliphatic imine (C=N–C) groups is 1. The van der Waals surface area contributed by atoms with Gasteiger partial charge in [0.05, 0.1) is 19.2 Å². The third-order valence-corrected chi connectivity index (χ3v) is 5.16. The average molecular weight is 527 g/mol. The number of nitrogens with two attached hydrogens (primary N) is 1. The lowest BCUT2D eigenvalue weighted by Crippen LogP contribution is -2.51. The van der Waals surface area contributed by atoms with Crippen molar-refractivity contribution in [3.05, 3.63) is 40.9 Å². The zero-order valence-corrected chi connectivity index (χ0v) is 18.3. The number of alkyl halides is 3. The van der Waals surface area contributed by atoms with Gasteiger partial charge in [0.2, 0.25) is 0 Å². The molecule has 2 aromatic rings. The van der Waals surface area contributed by atoms with Gasteiger partial charge in [0.25, 0.3) is 0 Å². The number of anilines is 1. The number of hydrogen-bond donors (Lipinski definition) is 1. The van der Waals surface area contributed by atoms with E-state index >= 15 is 0 Å². The molecule has 2 heterocycles. The summed E-state index contributed by atoms with van der Waals surface area (Å²) in [6.45, 7) is 2.62. The van der Waals surface area contributed by atoms with Gasteiger partial charge in [-0.3, -0.25) is 0 Å². The quantitative estimate of drug-likeness (QED) is 0.375. The van der Waals surface area contributed by atoms with E-state index in [9.17, 15) is 13.2 Å². The lowest BCUT2D eigenvalue weighted by molar-refractivity contribution is -0.138. The van der Waals surface area contributed by atoms with Crippen LogP contribution in [0.25, 0.3) is 0 Å². The van der Waals surface area contributed by atoms with Crippen molar-refractivity contribution in [3.63, 3.8) is 0 Å². The Morgan fingerprint density at radius 3 is 2.57 bits per heavy atom. The fourth-order valence-corrected chi connectivity index (χ4v) is 3.55. The molecule has 0 atom stereocenters. The first-order valence-electron chi connectivity index (χ1n) is 8.32. The van der Waals surface area contributed by atoms with Crippen molar-refractivity contribution in [2.75, 3.05) is 38.2 Å². The number of halogens is 4. The van der Waals surface area contributed by atoms with E-state index in [1.54, 1.807) is 17.5 Å². The molecule has 0 spiro atoms. The second-order valence-corrected chi connectivity index (χ2v) is 6.86. The number of aromatic nitrogens is 1. The summed E-state index contributed by atoms with van der Waals surface area (Å²) in [6.07, 6.45) is -2.72. The summed E-state index contributed by atoms with van der Waals surface area (Å²) in [6, 6.07) is 3.84. The molecule has 1 saturated heterocycles. The molecule has 1 aliphatic heterocycles. The minimum absolute atomic E-state index is 0. The van der Waals surface area contributed by atoms with Gasteiger partial charge < -0.3 is 20.3 Å². The molecule has 1 aromatic heterocycles. The van der Waals surface area contributed by atoms with Crippen LogP contribution in [-0.4, -0.2) is 49.1 Å². The summed E-state index contributed by atoms with van der Waals surface area (Å²) >= 11 is 1.57. The third kappa shape index (κ3) is 5.40. The van der Waals surface area contributed by atoms with Gasteiger partial charge in [0, 0.05) is 37.8 Å². The highest BCUT2D eigenvalue weighted by molar-refractivity contribution is 14.0. The largest absolute Gasteiger partial charge is 0.497 e. The normalized spacial score (nSPS) is 15.4. The molecule has 154 valence electrons. The van der Waals surface area contributed by atoms with Crippen molar-refractivity contribution in [1.29, 1.82) is 0 Å². The molecular formula is C17H21F3IN5OS. The Bertz CT molecular complexity index is 793. The number of methoxy groups -OCH3 is 1. The van der Waals surface area contributed by atoms with Gasteiger partial charge in [-0.2, -0.15) is 13.2 Å². The van der Waals surface area contributed by atoms with E-state index in [2.05, 4.69) is 14.9 Å². The fourth-order valence-electron chi connectivity index (χ4n) is 2.85. The zero-order valence-electron chi connectivity index (χ0n) is 15.1. The van der Waals surface area contributed by atoms with Crippen molar-refractivity contribution >= 4 is 46.4 Å². The molecule has 11 heteroatoms. The van der Waals surface area contributed by atoms with Gasteiger partial charge in [0.1, 0.15) is 5.75 Å². The molecule has 3 rings (SSSR count). The van der Waals surface area contributed by atoms with Crippen molar-refractivity contribution in [1.82, 2.24) is 9.88 Å². The van der Waals surface area contributed by atoms with E-state index in [0.29, 0.717) is 13.1 Å². The molecule has 2 N–H and O–H groups in total. The molecule has 0 aliphatic carbocycles. The standard InChI is InChI=1S/C17H20F3N5OS.HI/c1-26-13-3-2-12(14(10-13)17(18,19)20)11-23-15(21)24-5-7-25(8-6-24)16-22-4-9-27-16;/h2-4,9-10H,5-8,11H2,1H3,(H2,21,23);1H. The van der Waals surface area contributed by atoms with Crippen LogP contribution in [-0.2, 0) is 12.7 Å². The Labute approximate surface area is 182 Å². The maximum atomic E-state index is 13.3. The van der Waals surface area contributed by atoms with Crippen LogP contribution in [0, 0.1) is 0 Å². The Balaban J connectivity index is 0.00000280. The molecule has 0 saturated carbocycles. The number of piperazine rings is 1. The summed E-state index contributed by atoms with van der Waals surface area (Å²) in [7, 11) is 1.33. The minimum atomic E-state index is -4.48. The number of thiazole rings is 1.